The molecular formula is C26H27FN2O4. The molecule has 0 radical (unpaired) electrons. The van der Waals surface area contributed by atoms with Gasteiger partial charge in [0.15, 0.2) is 11.5 Å². The Kier molecular flexibility index (Phi) is 8.82. The second-order valence-electron chi connectivity index (χ2n) is 7.40. The van der Waals surface area contributed by atoms with Crippen LogP contribution in [0.3, 0.4) is 0 Å². The molecule has 0 aliphatic carbocycles. The molecule has 2 amide bonds. The van der Waals surface area contributed by atoms with Crippen molar-refractivity contribution in [2.45, 2.75) is 26.0 Å². The molecular weight excluding hydrogens is 423 g/mol. The summed E-state index contributed by atoms with van der Waals surface area (Å²) in [5.74, 6) is 0.427. The number of nitrogens with one attached hydrogen (secondary N) is 2. The van der Waals surface area contributed by atoms with Crippen molar-refractivity contribution in [1.29, 1.82) is 0 Å². The molecule has 6 nitrogen and oxygen atoms in total. The van der Waals surface area contributed by atoms with Gasteiger partial charge in [-0.1, -0.05) is 36.4 Å². The first kappa shape index (κ1) is 23.8. The second-order valence-corrected chi connectivity index (χ2v) is 7.40. The van der Waals surface area contributed by atoms with Crippen molar-refractivity contribution in [2.24, 2.45) is 0 Å². The van der Waals surface area contributed by atoms with Crippen LogP contribution in [0.25, 0.3) is 0 Å². The smallest absolute Gasteiger partial charge is 0.251 e. The van der Waals surface area contributed by atoms with Crippen LogP contribution in [0.15, 0.2) is 72.8 Å². The Hall–Kier alpha value is -3.87. The van der Waals surface area contributed by atoms with E-state index in [9.17, 15) is 14.0 Å². The van der Waals surface area contributed by atoms with E-state index in [1.54, 1.807) is 7.11 Å². The molecule has 7 heteroatoms. The highest BCUT2D eigenvalue weighted by Crippen LogP contribution is 2.28. The molecule has 0 aromatic heterocycles. The van der Waals surface area contributed by atoms with E-state index in [0.717, 1.165) is 11.1 Å². The third-order valence-electron chi connectivity index (χ3n) is 4.93. The number of carbonyl (C=O) groups is 2. The maximum Gasteiger partial charge on any atom is 0.251 e. The molecule has 3 rings (SSSR count). The molecule has 0 heterocycles. The lowest BCUT2D eigenvalue weighted by molar-refractivity contribution is -0.121. The lowest BCUT2D eigenvalue weighted by Crippen LogP contribution is -2.27. The van der Waals surface area contributed by atoms with Gasteiger partial charge >= 0.3 is 0 Å². The predicted molar refractivity (Wildman–Crippen MR) is 124 cm³/mol. The zero-order valence-corrected chi connectivity index (χ0v) is 18.5. The molecule has 0 atom stereocenters. The molecule has 0 spiro atoms. The van der Waals surface area contributed by atoms with Crippen molar-refractivity contribution in [3.63, 3.8) is 0 Å². The molecule has 0 aliphatic heterocycles. The van der Waals surface area contributed by atoms with Crippen LogP contribution in [0.4, 0.5) is 4.39 Å². The van der Waals surface area contributed by atoms with Crippen molar-refractivity contribution in [3.8, 4) is 11.5 Å². The third-order valence-corrected chi connectivity index (χ3v) is 4.93. The summed E-state index contributed by atoms with van der Waals surface area (Å²) in [6.07, 6.45) is 0.771. The van der Waals surface area contributed by atoms with Gasteiger partial charge in [-0.3, -0.25) is 9.59 Å². The van der Waals surface area contributed by atoms with E-state index in [1.807, 2.05) is 48.5 Å². The summed E-state index contributed by atoms with van der Waals surface area (Å²) in [6.45, 7) is 1.14. The highest BCUT2D eigenvalue weighted by atomic mass is 19.1. The van der Waals surface area contributed by atoms with Gasteiger partial charge in [-0.05, 0) is 53.9 Å². The Balaban J connectivity index is 1.39. The van der Waals surface area contributed by atoms with Gasteiger partial charge < -0.3 is 20.1 Å². The van der Waals surface area contributed by atoms with Crippen LogP contribution in [-0.4, -0.2) is 25.5 Å². The fraction of sp³-hybridized carbons (Fsp3) is 0.231. The van der Waals surface area contributed by atoms with Crippen molar-refractivity contribution in [3.05, 3.63) is 95.3 Å². The lowest BCUT2D eigenvalue weighted by atomic mass is 10.2. The lowest BCUT2D eigenvalue weighted by Gasteiger charge is -2.13. The Morgan fingerprint density at radius 3 is 2.36 bits per heavy atom. The summed E-state index contributed by atoms with van der Waals surface area (Å²) in [7, 11) is 1.58. The first-order chi connectivity index (χ1) is 16.0. The Bertz CT molecular complexity index is 1060. The number of halogens is 1. The zero-order valence-electron chi connectivity index (χ0n) is 18.5. The fourth-order valence-corrected chi connectivity index (χ4v) is 3.12. The summed E-state index contributed by atoms with van der Waals surface area (Å²) in [5.41, 5.74) is 2.33. The highest BCUT2D eigenvalue weighted by molar-refractivity contribution is 5.94. The van der Waals surface area contributed by atoms with Crippen LogP contribution in [0, 0.1) is 5.82 Å². The largest absolute Gasteiger partial charge is 0.493 e. The average molecular weight is 451 g/mol. The predicted octanol–water partition coefficient (Wildman–Crippen LogP) is 4.24. The van der Waals surface area contributed by atoms with E-state index in [-0.39, 0.29) is 18.2 Å². The van der Waals surface area contributed by atoms with Crippen molar-refractivity contribution < 1.29 is 23.5 Å². The van der Waals surface area contributed by atoms with Crippen LogP contribution < -0.4 is 20.1 Å². The summed E-state index contributed by atoms with van der Waals surface area (Å²) in [5, 5.41) is 5.58. The van der Waals surface area contributed by atoms with Crippen molar-refractivity contribution in [2.75, 3.05) is 13.7 Å². The molecule has 0 fully saturated rings. The topological polar surface area (TPSA) is 76.7 Å². The van der Waals surface area contributed by atoms with Crippen molar-refractivity contribution >= 4 is 11.8 Å². The number of hydrogen-bond donors (Lipinski definition) is 2. The Morgan fingerprint density at radius 2 is 1.64 bits per heavy atom. The van der Waals surface area contributed by atoms with Crippen LogP contribution in [0.1, 0.15) is 34.3 Å². The third kappa shape index (κ3) is 7.64. The summed E-state index contributed by atoms with van der Waals surface area (Å²) < 4.78 is 24.2. The van der Waals surface area contributed by atoms with Crippen LogP contribution in [-0.2, 0) is 17.9 Å². The maximum absolute atomic E-state index is 12.9. The maximum atomic E-state index is 12.9. The second kappa shape index (κ2) is 12.2. The minimum atomic E-state index is -0.393. The molecule has 172 valence electrons. The molecule has 0 unspecified atom stereocenters. The van der Waals surface area contributed by atoms with Gasteiger partial charge in [0.2, 0.25) is 5.91 Å². The summed E-state index contributed by atoms with van der Waals surface area (Å²) >= 11 is 0. The number of ether oxygens (including phenoxy) is 2. The molecule has 3 aromatic rings. The zero-order chi connectivity index (χ0) is 23.5. The van der Waals surface area contributed by atoms with Gasteiger partial charge in [-0.15, -0.1) is 0 Å². The van der Waals surface area contributed by atoms with E-state index < -0.39 is 5.82 Å². The molecule has 0 saturated heterocycles. The summed E-state index contributed by atoms with van der Waals surface area (Å²) in [6, 6.07) is 20.7. The van der Waals surface area contributed by atoms with E-state index in [1.165, 1.54) is 24.3 Å². The van der Waals surface area contributed by atoms with E-state index in [2.05, 4.69) is 10.6 Å². The van der Waals surface area contributed by atoms with Crippen molar-refractivity contribution in [1.82, 2.24) is 10.6 Å². The van der Waals surface area contributed by atoms with E-state index in [0.29, 0.717) is 43.2 Å². The molecule has 33 heavy (non-hydrogen) atoms. The fourth-order valence-electron chi connectivity index (χ4n) is 3.12. The minimum Gasteiger partial charge on any atom is -0.493 e. The Morgan fingerprint density at radius 1 is 0.879 bits per heavy atom. The number of carbonyl (C=O) groups excluding carboxylic acids is 2. The number of methoxy groups -OCH3 is 1. The molecule has 0 aliphatic rings. The van der Waals surface area contributed by atoms with Gasteiger partial charge in [0.1, 0.15) is 12.4 Å². The van der Waals surface area contributed by atoms with Crippen LogP contribution in [0.2, 0.25) is 0 Å². The van der Waals surface area contributed by atoms with Gasteiger partial charge in [0.05, 0.1) is 7.11 Å². The molecule has 0 bridgehead atoms. The monoisotopic (exact) mass is 450 g/mol. The first-order valence-corrected chi connectivity index (χ1v) is 10.7. The van der Waals surface area contributed by atoms with E-state index >= 15 is 0 Å². The van der Waals surface area contributed by atoms with Crippen LogP contribution >= 0.6 is 0 Å². The SMILES string of the molecule is COc1cc(CNC(=O)CCCNC(=O)c2ccc(F)cc2)ccc1OCc1ccccc1. The normalized spacial score (nSPS) is 10.4. The number of amides is 2. The molecule has 0 saturated carbocycles. The minimum absolute atomic E-state index is 0.116. The number of benzene rings is 3. The van der Waals surface area contributed by atoms with E-state index in [4.69, 9.17) is 9.47 Å². The highest BCUT2D eigenvalue weighted by Gasteiger charge is 2.09. The summed E-state index contributed by atoms with van der Waals surface area (Å²) in [4.78, 5) is 24.1. The number of hydrogen-bond acceptors (Lipinski definition) is 4. The van der Waals surface area contributed by atoms with Crippen LogP contribution in [0.5, 0.6) is 11.5 Å². The molecule has 2 N–H and O–H groups in total. The van der Waals surface area contributed by atoms with Gasteiger partial charge in [0, 0.05) is 25.1 Å². The first-order valence-electron chi connectivity index (χ1n) is 10.7. The van der Waals surface area contributed by atoms with Gasteiger partial charge in [-0.25, -0.2) is 4.39 Å². The quantitative estimate of drug-likeness (QED) is 0.429. The van der Waals surface area contributed by atoms with Gasteiger partial charge in [0.25, 0.3) is 5.91 Å². The molecule has 3 aromatic carbocycles. The average Bonchev–Trinajstić information content (AvgIpc) is 2.85. The standard InChI is InChI=1S/C26H27FN2O4/c1-32-24-16-20(9-14-23(24)33-18-19-6-3-2-4-7-19)17-29-25(30)8-5-15-28-26(31)21-10-12-22(27)13-11-21/h2-4,6-7,9-14,16H,5,8,15,17-18H2,1H3,(H,28,31)(H,29,30). The Labute approximate surface area is 192 Å². The van der Waals surface area contributed by atoms with Gasteiger partial charge in [-0.2, -0.15) is 0 Å². The number of rotatable bonds is 11.